The van der Waals surface area contributed by atoms with Gasteiger partial charge in [0.05, 0.1) is 5.56 Å². The molecule has 3 rings (SSSR count). The summed E-state index contributed by atoms with van der Waals surface area (Å²) in [6.07, 6.45) is 3.62. The molecule has 120 valence electrons. The Labute approximate surface area is 140 Å². The van der Waals surface area contributed by atoms with Crippen molar-refractivity contribution in [2.75, 3.05) is 31.1 Å². The number of carboxylic acid groups (broad SMARTS) is 1. The van der Waals surface area contributed by atoms with Crippen LogP contribution < -0.4 is 4.90 Å². The molecule has 2 heterocycles. The van der Waals surface area contributed by atoms with E-state index in [2.05, 4.69) is 14.8 Å². The Balaban J connectivity index is 1.60. The quantitative estimate of drug-likeness (QED) is 0.933. The van der Waals surface area contributed by atoms with Crippen LogP contribution in [0.1, 0.15) is 15.9 Å². The molecule has 0 unspecified atom stereocenters. The van der Waals surface area contributed by atoms with Crippen molar-refractivity contribution in [3.63, 3.8) is 0 Å². The molecule has 0 radical (unpaired) electrons. The Morgan fingerprint density at radius 1 is 1.13 bits per heavy atom. The molecule has 1 aliphatic rings. The van der Waals surface area contributed by atoms with Gasteiger partial charge in [-0.15, -0.1) is 0 Å². The highest BCUT2D eigenvalue weighted by atomic mass is 35.5. The molecular formula is C17H18ClN3O2. The summed E-state index contributed by atoms with van der Waals surface area (Å²) in [7, 11) is 0. The van der Waals surface area contributed by atoms with E-state index in [9.17, 15) is 4.79 Å². The molecule has 1 aliphatic heterocycles. The zero-order valence-corrected chi connectivity index (χ0v) is 13.4. The standard InChI is InChI=1S/C17H18ClN3O2/c18-16-11-13(17(22)23)1-2-14(16)12-20-7-9-21(10-8-20)15-3-5-19-6-4-15/h1-6,11H,7-10,12H2,(H,22,23). The Bertz CT molecular complexity index is 685. The first kappa shape index (κ1) is 15.8. The third-order valence-electron chi connectivity index (χ3n) is 4.09. The van der Waals surface area contributed by atoms with Crippen molar-refractivity contribution in [1.82, 2.24) is 9.88 Å². The van der Waals surface area contributed by atoms with E-state index in [0.717, 1.165) is 38.3 Å². The molecule has 0 atom stereocenters. The van der Waals surface area contributed by atoms with Gasteiger partial charge in [-0.3, -0.25) is 9.88 Å². The molecule has 1 saturated heterocycles. The normalized spacial score (nSPS) is 15.6. The molecule has 0 bridgehead atoms. The van der Waals surface area contributed by atoms with E-state index in [1.165, 1.54) is 11.8 Å². The maximum Gasteiger partial charge on any atom is 0.335 e. The van der Waals surface area contributed by atoms with Crippen LogP contribution >= 0.6 is 11.6 Å². The molecule has 1 N–H and O–H groups in total. The van der Waals surface area contributed by atoms with Crippen molar-refractivity contribution in [3.8, 4) is 0 Å². The second kappa shape index (κ2) is 6.98. The Kier molecular flexibility index (Phi) is 4.79. The van der Waals surface area contributed by atoms with Gasteiger partial charge < -0.3 is 10.0 Å². The third-order valence-corrected chi connectivity index (χ3v) is 4.45. The van der Waals surface area contributed by atoms with Crippen LogP contribution in [-0.2, 0) is 6.54 Å². The number of aromatic nitrogens is 1. The summed E-state index contributed by atoms with van der Waals surface area (Å²) in [5.74, 6) is -0.954. The first-order chi connectivity index (χ1) is 11.1. The van der Waals surface area contributed by atoms with E-state index < -0.39 is 5.97 Å². The molecule has 0 aliphatic carbocycles. The van der Waals surface area contributed by atoms with Crippen LogP contribution in [0.3, 0.4) is 0 Å². The van der Waals surface area contributed by atoms with Crippen molar-refractivity contribution in [1.29, 1.82) is 0 Å². The van der Waals surface area contributed by atoms with Crippen molar-refractivity contribution in [2.24, 2.45) is 0 Å². The van der Waals surface area contributed by atoms with E-state index in [1.807, 2.05) is 24.5 Å². The van der Waals surface area contributed by atoms with Gasteiger partial charge in [-0.2, -0.15) is 0 Å². The Morgan fingerprint density at radius 3 is 2.43 bits per heavy atom. The molecule has 0 spiro atoms. The Hall–Kier alpha value is -2.11. The predicted octanol–water partition coefficient (Wildman–Crippen LogP) is 2.76. The minimum Gasteiger partial charge on any atom is -0.478 e. The van der Waals surface area contributed by atoms with Crippen molar-refractivity contribution < 1.29 is 9.90 Å². The maximum atomic E-state index is 10.9. The van der Waals surface area contributed by atoms with Crippen LogP contribution in [0.5, 0.6) is 0 Å². The van der Waals surface area contributed by atoms with Gasteiger partial charge in [0.2, 0.25) is 0 Å². The number of hydrogen-bond donors (Lipinski definition) is 1. The van der Waals surface area contributed by atoms with Gasteiger partial charge in [0.1, 0.15) is 0 Å². The number of aromatic carboxylic acids is 1. The van der Waals surface area contributed by atoms with Crippen molar-refractivity contribution in [2.45, 2.75) is 6.54 Å². The van der Waals surface area contributed by atoms with Gasteiger partial charge in [0.25, 0.3) is 0 Å². The number of rotatable bonds is 4. The fourth-order valence-electron chi connectivity index (χ4n) is 2.77. The molecule has 23 heavy (non-hydrogen) atoms. The second-order valence-electron chi connectivity index (χ2n) is 5.58. The summed E-state index contributed by atoms with van der Waals surface area (Å²) in [6.45, 7) is 4.53. The molecular weight excluding hydrogens is 314 g/mol. The lowest BCUT2D eigenvalue weighted by Crippen LogP contribution is -2.46. The monoisotopic (exact) mass is 331 g/mol. The minimum atomic E-state index is -0.954. The lowest BCUT2D eigenvalue weighted by molar-refractivity contribution is 0.0697. The van der Waals surface area contributed by atoms with Gasteiger partial charge in [-0.1, -0.05) is 17.7 Å². The number of hydrogen-bond acceptors (Lipinski definition) is 4. The average molecular weight is 332 g/mol. The van der Waals surface area contributed by atoms with E-state index >= 15 is 0 Å². The first-order valence-corrected chi connectivity index (χ1v) is 7.90. The van der Waals surface area contributed by atoms with E-state index in [0.29, 0.717) is 5.02 Å². The molecule has 0 amide bonds. The second-order valence-corrected chi connectivity index (χ2v) is 5.99. The number of halogens is 1. The van der Waals surface area contributed by atoms with Gasteiger partial charge in [-0.05, 0) is 29.8 Å². The summed E-state index contributed by atoms with van der Waals surface area (Å²) < 4.78 is 0. The van der Waals surface area contributed by atoms with Gasteiger partial charge >= 0.3 is 5.97 Å². The third kappa shape index (κ3) is 3.81. The minimum absolute atomic E-state index is 0.223. The largest absolute Gasteiger partial charge is 0.478 e. The first-order valence-electron chi connectivity index (χ1n) is 7.52. The summed E-state index contributed by atoms with van der Waals surface area (Å²) in [5.41, 5.74) is 2.39. The lowest BCUT2D eigenvalue weighted by atomic mass is 10.1. The predicted molar refractivity (Wildman–Crippen MR) is 90.1 cm³/mol. The number of piperazine rings is 1. The molecule has 2 aromatic rings. The summed E-state index contributed by atoms with van der Waals surface area (Å²) in [4.78, 5) is 19.7. The van der Waals surface area contributed by atoms with Crippen LogP contribution in [0.15, 0.2) is 42.7 Å². The zero-order chi connectivity index (χ0) is 16.2. The van der Waals surface area contributed by atoms with Crippen LogP contribution in [0.25, 0.3) is 0 Å². The highest BCUT2D eigenvalue weighted by Crippen LogP contribution is 2.21. The van der Waals surface area contributed by atoms with Crippen LogP contribution in [-0.4, -0.2) is 47.1 Å². The van der Waals surface area contributed by atoms with Gasteiger partial charge in [0.15, 0.2) is 0 Å². The van der Waals surface area contributed by atoms with E-state index in [1.54, 1.807) is 12.1 Å². The Morgan fingerprint density at radius 2 is 1.83 bits per heavy atom. The average Bonchev–Trinajstić information content (AvgIpc) is 2.58. The topological polar surface area (TPSA) is 56.7 Å². The highest BCUT2D eigenvalue weighted by molar-refractivity contribution is 6.31. The number of carboxylic acids is 1. The fourth-order valence-corrected chi connectivity index (χ4v) is 3.01. The van der Waals surface area contributed by atoms with E-state index in [-0.39, 0.29) is 5.56 Å². The highest BCUT2D eigenvalue weighted by Gasteiger charge is 2.18. The molecule has 1 fully saturated rings. The molecule has 0 saturated carbocycles. The number of carbonyl (C=O) groups is 1. The van der Waals surface area contributed by atoms with Gasteiger partial charge in [-0.25, -0.2) is 4.79 Å². The maximum absolute atomic E-state index is 10.9. The summed E-state index contributed by atoms with van der Waals surface area (Å²) >= 11 is 6.21. The molecule has 6 heteroatoms. The smallest absolute Gasteiger partial charge is 0.335 e. The van der Waals surface area contributed by atoms with E-state index in [4.69, 9.17) is 16.7 Å². The number of pyridine rings is 1. The van der Waals surface area contributed by atoms with Crippen LogP contribution in [0.4, 0.5) is 5.69 Å². The zero-order valence-electron chi connectivity index (χ0n) is 12.7. The molecule has 1 aromatic heterocycles. The van der Waals surface area contributed by atoms with Crippen molar-refractivity contribution >= 4 is 23.3 Å². The van der Waals surface area contributed by atoms with Crippen LogP contribution in [0.2, 0.25) is 5.02 Å². The van der Waals surface area contributed by atoms with Crippen molar-refractivity contribution in [3.05, 3.63) is 58.9 Å². The number of anilines is 1. The fraction of sp³-hybridized carbons (Fsp3) is 0.294. The molecule has 5 nitrogen and oxygen atoms in total. The SMILES string of the molecule is O=C(O)c1ccc(CN2CCN(c3ccncc3)CC2)c(Cl)c1. The molecule has 1 aromatic carbocycles. The lowest BCUT2D eigenvalue weighted by Gasteiger charge is -2.36. The number of benzene rings is 1. The summed E-state index contributed by atoms with van der Waals surface area (Å²) in [5, 5.41) is 9.50. The number of nitrogens with zero attached hydrogens (tertiary/aromatic N) is 3. The summed E-state index contributed by atoms with van der Waals surface area (Å²) in [6, 6.07) is 8.98. The van der Waals surface area contributed by atoms with Gasteiger partial charge in [0, 0.05) is 55.8 Å². The van der Waals surface area contributed by atoms with Crippen LogP contribution in [0, 0.1) is 0 Å².